The molecule has 0 spiro atoms. The van der Waals surface area contributed by atoms with Gasteiger partial charge < -0.3 is 9.80 Å². The van der Waals surface area contributed by atoms with Gasteiger partial charge in [-0.15, -0.1) is 0 Å². The van der Waals surface area contributed by atoms with Gasteiger partial charge in [0.1, 0.15) is 6.54 Å². The molecule has 1 aromatic heterocycles. The molecule has 1 aromatic rings. The summed E-state index contributed by atoms with van der Waals surface area (Å²) in [5, 5.41) is 3.97. The minimum atomic E-state index is -0.232. The quantitative estimate of drug-likeness (QED) is 0.674. The molecular weight excluding hydrogens is 347 g/mol. The van der Waals surface area contributed by atoms with E-state index in [4.69, 9.17) is 0 Å². The summed E-state index contributed by atoms with van der Waals surface area (Å²) in [6, 6.07) is 1.48. The molecule has 6 nitrogen and oxygen atoms in total. The van der Waals surface area contributed by atoms with Crippen LogP contribution in [0.1, 0.15) is 0 Å². The number of hydrogen-bond donors (Lipinski definition) is 0. The van der Waals surface area contributed by atoms with E-state index >= 15 is 0 Å². The zero-order valence-corrected chi connectivity index (χ0v) is 12.3. The van der Waals surface area contributed by atoms with E-state index in [0.29, 0.717) is 13.1 Å². The van der Waals surface area contributed by atoms with Gasteiger partial charge in [0, 0.05) is 35.8 Å². The van der Waals surface area contributed by atoms with E-state index in [1.807, 2.05) is 29.6 Å². The first-order chi connectivity index (χ1) is 8.56. The molecule has 0 atom stereocenters. The Morgan fingerprint density at radius 3 is 2.67 bits per heavy atom. The molecule has 1 saturated heterocycles. The lowest BCUT2D eigenvalue weighted by Gasteiger charge is -2.32. The first-order valence-electron chi connectivity index (χ1n) is 5.75. The number of hydrogen-bond acceptors (Lipinski definition) is 4. The average molecular weight is 362 g/mol. The van der Waals surface area contributed by atoms with Crippen LogP contribution in [0.15, 0.2) is 17.1 Å². The van der Waals surface area contributed by atoms with Crippen molar-refractivity contribution in [2.24, 2.45) is 0 Å². The topological polar surface area (TPSA) is 58.4 Å². The van der Waals surface area contributed by atoms with E-state index in [1.54, 1.807) is 11.1 Å². The molecule has 18 heavy (non-hydrogen) atoms. The van der Waals surface area contributed by atoms with Crippen molar-refractivity contribution in [2.45, 2.75) is 6.54 Å². The first-order valence-corrected chi connectivity index (χ1v) is 6.83. The molecule has 98 valence electrons. The number of carbonyl (C=O) groups excluding carboxylic acids is 1. The summed E-state index contributed by atoms with van der Waals surface area (Å²) in [6.07, 6.45) is 1.58. The molecule has 0 bridgehead atoms. The number of carbonyl (C=O) groups is 1. The maximum atomic E-state index is 12.0. The van der Waals surface area contributed by atoms with E-state index in [1.165, 1.54) is 10.7 Å². The van der Waals surface area contributed by atoms with Crippen LogP contribution < -0.4 is 5.56 Å². The summed E-state index contributed by atoms with van der Waals surface area (Å²) < 4.78 is 1.99. The summed E-state index contributed by atoms with van der Waals surface area (Å²) in [5.41, 5.74) is -0.232. The van der Waals surface area contributed by atoms with E-state index in [2.05, 4.69) is 10.00 Å². The predicted molar refractivity (Wildman–Crippen MR) is 75.3 cm³/mol. The molecule has 2 heterocycles. The van der Waals surface area contributed by atoms with Crippen molar-refractivity contribution >= 4 is 28.5 Å². The van der Waals surface area contributed by atoms with Crippen molar-refractivity contribution in [2.75, 3.05) is 33.2 Å². The van der Waals surface area contributed by atoms with E-state index < -0.39 is 0 Å². The highest BCUT2D eigenvalue weighted by Crippen LogP contribution is 2.01. The monoisotopic (exact) mass is 362 g/mol. The highest BCUT2D eigenvalue weighted by molar-refractivity contribution is 14.1. The third-order valence-electron chi connectivity index (χ3n) is 2.98. The summed E-state index contributed by atoms with van der Waals surface area (Å²) in [6.45, 7) is 3.21. The largest absolute Gasteiger partial charge is 0.339 e. The fourth-order valence-corrected chi connectivity index (χ4v) is 2.21. The molecule has 0 unspecified atom stereocenters. The molecule has 0 saturated carbocycles. The van der Waals surface area contributed by atoms with E-state index in [9.17, 15) is 9.59 Å². The minimum Gasteiger partial charge on any atom is -0.339 e. The fourth-order valence-electron chi connectivity index (χ4n) is 1.81. The van der Waals surface area contributed by atoms with Crippen molar-refractivity contribution in [1.29, 1.82) is 0 Å². The Bertz CT molecular complexity index is 494. The Kier molecular flexibility index (Phi) is 4.33. The normalized spacial score (nSPS) is 16.9. The maximum absolute atomic E-state index is 12.0. The van der Waals surface area contributed by atoms with Crippen molar-refractivity contribution < 1.29 is 4.79 Å². The van der Waals surface area contributed by atoms with Gasteiger partial charge in [-0.3, -0.25) is 9.59 Å². The number of likely N-dealkylation sites (N-methyl/N-ethyl adjacent to an activating group) is 1. The zero-order valence-electron chi connectivity index (χ0n) is 10.2. The summed E-state index contributed by atoms with van der Waals surface area (Å²) >= 11 is 2.02. The molecule has 0 radical (unpaired) electrons. The number of nitrogens with zero attached hydrogens (tertiary/aromatic N) is 4. The molecule has 1 aliphatic heterocycles. The van der Waals surface area contributed by atoms with Crippen LogP contribution in [-0.2, 0) is 11.3 Å². The maximum Gasteiger partial charge on any atom is 0.268 e. The minimum absolute atomic E-state index is 0.0272. The average Bonchev–Trinajstić information content (AvgIpc) is 2.33. The molecule has 0 N–H and O–H groups in total. The van der Waals surface area contributed by atoms with Gasteiger partial charge in [0.15, 0.2) is 0 Å². The SMILES string of the molecule is CN1CCN(C(=O)Cn2ncc(I)cc2=O)CC1. The van der Waals surface area contributed by atoms with E-state index in [0.717, 1.165) is 16.7 Å². The van der Waals surface area contributed by atoms with Gasteiger partial charge in [-0.2, -0.15) is 5.10 Å². The lowest BCUT2D eigenvalue weighted by molar-refractivity contribution is -0.133. The van der Waals surface area contributed by atoms with E-state index in [-0.39, 0.29) is 18.0 Å². The molecular formula is C11H15IN4O2. The summed E-state index contributed by atoms with van der Waals surface area (Å²) in [5.74, 6) is -0.0427. The third kappa shape index (κ3) is 3.29. The van der Waals surface area contributed by atoms with Gasteiger partial charge in [0.05, 0.1) is 6.20 Å². The molecule has 0 aliphatic carbocycles. The van der Waals surface area contributed by atoms with Crippen molar-refractivity contribution in [3.05, 3.63) is 26.2 Å². The Morgan fingerprint density at radius 2 is 2.06 bits per heavy atom. The molecule has 0 aromatic carbocycles. The van der Waals surface area contributed by atoms with Gasteiger partial charge in [-0.05, 0) is 29.6 Å². The van der Waals surface area contributed by atoms with Gasteiger partial charge in [-0.1, -0.05) is 0 Å². The highest BCUT2D eigenvalue weighted by atomic mass is 127. The predicted octanol–water partition coefficient (Wildman–Crippen LogP) is -0.378. The van der Waals surface area contributed by atoms with Crippen LogP contribution in [0.4, 0.5) is 0 Å². The number of piperazine rings is 1. The Morgan fingerprint density at radius 1 is 1.39 bits per heavy atom. The number of aromatic nitrogens is 2. The molecule has 1 aliphatic rings. The van der Waals surface area contributed by atoms with Gasteiger partial charge >= 0.3 is 0 Å². The van der Waals surface area contributed by atoms with Crippen LogP contribution in [0, 0.1) is 3.57 Å². The number of rotatable bonds is 2. The first kappa shape index (κ1) is 13.5. The van der Waals surface area contributed by atoms with Crippen molar-refractivity contribution in [3.63, 3.8) is 0 Å². The van der Waals surface area contributed by atoms with Crippen LogP contribution in [0.25, 0.3) is 0 Å². The molecule has 2 rings (SSSR count). The van der Waals surface area contributed by atoms with Crippen LogP contribution in [0.5, 0.6) is 0 Å². The third-order valence-corrected chi connectivity index (χ3v) is 3.57. The van der Waals surface area contributed by atoms with Crippen LogP contribution in [0.3, 0.4) is 0 Å². The molecule has 1 amide bonds. The fraction of sp³-hybridized carbons (Fsp3) is 0.545. The Hall–Kier alpha value is -0.960. The smallest absolute Gasteiger partial charge is 0.268 e. The second-order valence-electron chi connectivity index (χ2n) is 4.35. The second-order valence-corrected chi connectivity index (χ2v) is 5.60. The van der Waals surface area contributed by atoms with Gasteiger partial charge in [0.25, 0.3) is 5.56 Å². The lowest BCUT2D eigenvalue weighted by atomic mass is 10.3. The Labute approximate surface area is 119 Å². The lowest BCUT2D eigenvalue weighted by Crippen LogP contribution is -2.48. The summed E-state index contributed by atoms with van der Waals surface area (Å²) in [4.78, 5) is 27.6. The standard InChI is InChI=1S/C11H15IN4O2/c1-14-2-4-15(5-3-14)11(18)8-16-10(17)6-9(12)7-13-16/h6-7H,2-5,8H2,1H3. The second kappa shape index (κ2) is 5.79. The van der Waals surface area contributed by atoms with Crippen molar-refractivity contribution in [3.8, 4) is 0 Å². The zero-order chi connectivity index (χ0) is 13.1. The van der Waals surface area contributed by atoms with Crippen LogP contribution in [0.2, 0.25) is 0 Å². The van der Waals surface area contributed by atoms with Gasteiger partial charge in [-0.25, -0.2) is 4.68 Å². The number of halogens is 1. The number of amides is 1. The van der Waals surface area contributed by atoms with Crippen molar-refractivity contribution in [1.82, 2.24) is 19.6 Å². The Balaban J connectivity index is 2.01. The highest BCUT2D eigenvalue weighted by Gasteiger charge is 2.19. The molecule has 1 fully saturated rings. The van der Waals surface area contributed by atoms with Gasteiger partial charge in [0.2, 0.25) is 5.91 Å². The summed E-state index contributed by atoms with van der Waals surface area (Å²) in [7, 11) is 2.03. The molecule has 7 heteroatoms. The van der Waals surface area contributed by atoms with Crippen LogP contribution in [-0.4, -0.2) is 58.7 Å². The van der Waals surface area contributed by atoms with Crippen LogP contribution >= 0.6 is 22.6 Å².